The summed E-state index contributed by atoms with van der Waals surface area (Å²) < 4.78 is 0. The van der Waals surface area contributed by atoms with Gasteiger partial charge in [-0.2, -0.15) is 0 Å². The molecule has 0 saturated carbocycles. The van der Waals surface area contributed by atoms with E-state index < -0.39 is 0 Å². The molecule has 0 bridgehead atoms. The van der Waals surface area contributed by atoms with E-state index in [9.17, 15) is 0 Å². The summed E-state index contributed by atoms with van der Waals surface area (Å²) in [6.07, 6.45) is 2.36. The molecular formula is C15H22N2S. The van der Waals surface area contributed by atoms with Gasteiger partial charge in [-0.3, -0.25) is 4.99 Å². The lowest BCUT2D eigenvalue weighted by atomic mass is 9.98. The van der Waals surface area contributed by atoms with Gasteiger partial charge in [0.2, 0.25) is 0 Å². The fourth-order valence-electron chi connectivity index (χ4n) is 2.06. The first-order chi connectivity index (χ1) is 8.75. The van der Waals surface area contributed by atoms with Gasteiger partial charge in [-0.25, -0.2) is 0 Å². The van der Waals surface area contributed by atoms with Gasteiger partial charge >= 0.3 is 0 Å². The predicted molar refractivity (Wildman–Crippen MR) is 81.4 cm³/mol. The van der Waals surface area contributed by atoms with Gasteiger partial charge in [-0.05, 0) is 31.2 Å². The summed E-state index contributed by atoms with van der Waals surface area (Å²) >= 11 is 1.85. The first-order valence-corrected chi connectivity index (χ1v) is 7.73. The molecule has 0 amide bonds. The molecule has 1 saturated heterocycles. The van der Waals surface area contributed by atoms with Crippen LogP contribution in [0.3, 0.4) is 0 Å². The normalized spacial score (nSPS) is 23.7. The molecule has 98 valence electrons. The van der Waals surface area contributed by atoms with Crippen LogP contribution in [0.2, 0.25) is 0 Å². The maximum atomic E-state index is 4.67. The van der Waals surface area contributed by atoms with Crippen LogP contribution in [0.15, 0.2) is 35.3 Å². The summed E-state index contributed by atoms with van der Waals surface area (Å²) in [5, 5.41) is 4.58. The van der Waals surface area contributed by atoms with E-state index in [-0.39, 0.29) is 0 Å². The highest BCUT2D eigenvalue weighted by molar-refractivity contribution is 8.13. The largest absolute Gasteiger partial charge is 0.362 e. The van der Waals surface area contributed by atoms with Gasteiger partial charge in [0.05, 0.1) is 0 Å². The van der Waals surface area contributed by atoms with Crippen molar-refractivity contribution < 1.29 is 0 Å². The summed E-state index contributed by atoms with van der Waals surface area (Å²) in [4.78, 5) is 4.67. The Kier molecular flexibility index (Phi) is 5.12. The second-order valence-electron chi connectivity index (χ2n) is 4.97. The van der Waals surface area contributed by atoms with Gasteiger partial charge in [-0.1, -0.05) is 49.0 Å². The predicted octanol–water partition coefficient (Wildman–Crippen LogP) is 3.65. The zero-order valence-corrected chi connectivity index (χ0v) is 12.0. The van der Waals surface area contributed by atoms with Crippen LogP contribution in [0.4, 0.5) is 0 Å². The SMILES string of the molecule is CC1CCSC(=NCCC(C)c2ccccc2)N1. The van der Waals surface area contributed by atoms with Crippen molar-refractivity contribution in [2.75, 3.05) is 12.3 Å². The number of nitrogens with one attached hydrogen (secondary N) is 1. The highest BCUT2D eigenvalue weighted by Gasteiger charge is 2.12. The molecule has 0 aliphatic carbocycles. The van der Waals surface area contributed by atoms with Crippen molar-refractivity contribution in [2.24, 2.45) is 4.99 Å². The zero-order chi connectivity index (χ0) is 12.8. The molecule has 1 aromatic carbocycles. The minimum Gasteiger partial charge on any atom is -0.362 e. The molecule has 1 heterocycles. The van der Waals surface area contributed by atoms with Crippen LogP contribution in [0, 0.1) is 0 Å². The Balaban J connectivity index is 1.79. The Bertz CT molecular complexity index is 389. The van der Waals surface area contributed by atoms with Gasteiger partial charge < -0.3 is 5.32 Å². The number of aliphatic imine (C=N–C) groups is 1. The molecule has 0 aromatic heterocycles. The van der Waals surface area contributed by atoms with Gasteiger partial charge in [0, 0.05) is 18.3 Å². The van der Waals surface area contributed by atoms with Crippen LogP contribution in [0.5, 0.6) is 0 Å². The summed E-state index contributed by atoms with van der Waals surface area (Å²) in [6, 6.07) is 11.3. The van der Waals surface area contributed by atoms with E-state index in [0.29, 0.717) is 12.0 Å². The van der Waals surface area contributed by atoms with E-state index in [1.54, 1.807) is 0 Å². The maximum absolute atomic E-state index is 4.67. The number of thioether (sulfide) groups is 1. The third-order valence-electron chi connectivity index (χ3n) is 3.35. The molecule has 2 atom stereocenters. The lowest BCUT2D eigenvalue weighted by Gasteiger charge is -2.22. The van der Waals surface area contributed by atoms with Crippen LogP contribution >= 0.6 is 11.8 Å². The number of benzene rings is 1. The third kappa shape index (κ3) is 4.05. The molecule has 1 aliphatic rings. The second-order valence-corrected chi connectivity index (χ2v) is 6.05. The lowest BCUT2D eigenvalue weighted by molar-refractivity contribution is 0.637. The standard InChI is InChI=1S/C15H22N2S/c1-12(14-6-4-3-5-7-14)8-10-16-15-17-13(2)9-11-18-15/h3-7,12-13H,8-11H2,1-2H3,(H,16,17). The molecule has 0 spiro atoms. The van der Waals surface area contributed by atoms with E-state index in [1.165, 1.54) is 17.7 Å². The second kappa shape index (κ2) is 6.83. The van der Waals surface area contributed by atoms with Gasteiger partial charge in [0.1, 0.15) is 0 Å². The minimum atomic E-state index is 0.580. The van der Waals surface area contributed by atoms with E-state index in [4.69, 9.17) is 0 Å². The highest BCUT2D eigenvalue weighted by Crippen LogP contribution is 2.19. The Morgan fingerprint density at radius 2 is 2.17 bits per heavy atom. The fourth-order valence-corrected chi connectivity index (χ4v) is 3.19. The Labute approximate surface area is 114 Å². The van der Waals surface area contributed by atoms with Crippen LogP contribution in [-0.4, -0.2) is 23.5 Å². The molecule has 18 heavy (non-hydrogen) atoms. The molecule has 2 rings (SSSR count). The van der Waals surface area contributed by atoms with E-state index in [1.807, 2.05) is 11.8 Å². The molecule has 3 heteroatoms. The van der Waals surface area contributed by atoms with E-state index >= 15 is 0 Å². The lowest BCUT2D eigenvalue weighted by Crippen LogP contribution is -2.35. The van der Waals surface area contributed by atoms with Crippen LogP contribution in [-0.2, 0) is 0 Å². The Morgan fingerprint density at radius 1 is 1.39 bits per heavy atom. The average molecular weight is 262 g/mol. The molecule has 1 aliphatic heterocycles. The number of rotatable bonds is 4. The summed E-state index contributed by atoms with van der Waals surface area (Å²) in [6.45, 7) is 5.42. The summed E-state index contributed by atoms with van der Waals surface area (Å²) in [5.41, 5.74) is 1.41. The number of hydrogen-bond acceptors (Lipinski definition) is 2. The third-order valence-corrected chi connectivity index (χ3v) is 4.31. The van der Waals surface area contributed by atoms with Crippen molar-refractivity contribution in [3.8, 4) is 0 Å². The first-order valence-electron chi connectivity index (χ1n) is 6.74. The number of hydrogen-bond donors (Lipinski definition) is 1. The molecule has 1 fully saturated rings. The van der Waals surface area contributed by atoms with Crippen LogP contribution in [0.25, 0.3) is 0 Å². The quantitative estimate of drug-likeness (QED) is 0.895. The fraction of sp³-hybridized carbons (Fsp3) is 0.533. The van der Waals surface area contributed by atoms with Crippen LogP contribution in [0.1, 0.15) is 38.2 Å². The van der Waals surface area contributed by atoms with E-state index in [0.717, 1.165) is 18.1 Å². The Morgan fingerprint density at radius 3 is 2.89 bits per heavy atom. The maximum Gasteiger partial charge on any atom is 0.156 e. The molecule has 2 nitrogen and oxygen atoms in total. The van der Waals surface area contributed by atoms with Crippen molar-refractivity contribution >= 4 is 16.9 Å². The highest BCUT2D eigenvalue weighted by atomic mass is 32.2. The summed E-state index contributed by atoms with van der Waals surface area (Å²) in [7, 11) is 0. The van der Waals surface area contributed by atoms with E-state index in [2.05, 4.69) is 54.5 Å². The smallest absolute Gasteiger partial charge is 0.156 e. The Hall–Kier alpha value is -0.960. The van der Waals surface area contributed by atoms with Crippen molar-refractivity contribution in [3.63, 3.8) is 0 Å². The van der Waals surface area contributed by atoms with Crippen molar-refractivity contribution in [1.82, 2.24) is 5.32 Å². The zero-order valence-electron chi connectivity index (χ0n) is 11.2. The summed E-state index contributed by atoms with van der Waals surface area (Å²) in [5.74, 6) is 1.78. The topological polar surface area (TPSA) is 24.4 Å². The molecule has 1 N–H and O–H groups in total. The minimum absolute atomic E-state index is 0.580. The number of nitrogens with zero attached hydrogens (tertiary/aromatic N) is 1. The van der Waals surface area contributed by atoms with Gasteiger partial charge in [0.15, 0.2) is 5.17 Å². The van der Waals surface area contributed by atoms with Gasteiger partial charge in [0.25, 0.3) is 0 Å². The van der Waals surface area contributed by atoms with Gasteiger partial charge in [-0.15, -0.1) is 0 Å². The molecule has 2 unspecified atom stereocenters. The van der Waals surface area contributed by atoms with Crippen molar-refractivity contribution in [2.45, 2.75) is 38.6 Å². The molecule has 1 aromatic rings. The first kappa shape index (κ1) is 13.5. The molecular weight excluding hydrogens is 240 g/mol. The van der Waals surface area contributed by atoms with Crippen molar-refractivity contribution in [3.05, 3.63) is 35.9 Å². The average Bonchev–Trinajstić information content (AvgIpc) is 2.40. The molecule has 0 radical (unpaired) electrons. The van der Waals surface area contributed by atoms with Crippen LogP contribution < -0.4 is 5.32 Å². The number of amidine groups is 1. The monoisotopic (exact) mass is 262 g/mol. The van der Waals surface area contributed by atoms with Crippen molar-refractivity contribution in [1.29, 1.82) is 0 Å².